The molecule has 2 N–H and O–H groups in total. The van der Waals surface area contributed by atoms with Crippen molar-refractivity contribution in [1.29, 1.82) is 0 Å². The second kappa shape index (κ2) is 7.66. The Labute approximate surface area is 110 Å². The second-order valence-electron chi connectivity index (χ2n) is 4.59. The van der Waals surface area contributed by atoms with Gasteiger partial charge in [-0.15, -0.1) is 0 Å². The van der Waals surface area contributed by atoms with Crippen molar-refractivity contribution in [2.24, 2.45) is 0 Å². The number of alkyl halides is 3. The molecular weight excluding hydrogens is 263 g/mol. The molecule has 0 aromatic carbocycles. The molecule has 0 saturated carbocycles. The number of hydrogen-bond acceptors (Lipinski definition) is 4. The molecule has 1 heterocycles. The molecule has 8 heteroatoms. The SMILES string of the molecule is O=C(CN1CCCN(CCO)CC1)NCC(F)(F)F. The predicted octanol–water partition coefficient (Wildman–Crippen LogP) is -0.335. The Morgan fingerprint density at radius 2 is 1.79 bits per heavy atom. The molecule has 1 aliphatic heterocycles. The third kappa shape index (κ3) is 7.34. The van der Waals surface area contributed by atoms with E-state index < -0.39 is 18.6 Å². The van der Waals surface area contributed by atoms with E-state index in [1.165, 1.54) is 0 Å². The lowest BCUT2D eigenvalue weighted by atomic mass is 10.3. The zero-order valence-corrected chi connectivity index (χ0v) is 10.7. The maximum absolute atomic E-state index is 11.9. The van der Waals surface area contributed by atoms with Gasteiger partial charge in [-0.1, -0.05) is 0 Å². The quantitative estimate of drug-likeness (QED) is 0.725. The Bertz CT molecular complexity index is 287. The van der Waals surface area contributed by atoms with E-state index in [9.17, 15) is 18.0 Å². The molecule has 1 aliphatic rings. The van der Waals surface area contributed by atoms with Gasteiger partial charge in [0, 0.05) is 19.6 Å². The first-order valence-electron chi connectivity index (χ1n) is 6.30. The van der Waals surface area contributed by atoms with Crippen LogP contribution < -0.4 is 5.32 Å². The highest BCUT2D eigenvalue weighted by Crippen LogP contribution is 2.12. The van der Waals surface area contributed by atoms with Crippen LogP contribution in [-0.2, 0) is 4.79 Å². The summed E-state index contributed by atoms with van der Waals surface area (Å²) in [5.41, 5.74) is 0. The topological polar surface area (TPSA) is 55.8 Å². The van der Waals surface area contributed by atoms with E-state index in [-0.39, 0.29) is 13.2 Å². The lowest BCUT2D eigenvalue weighted by Gasteiger charge is -2.20. The van der Waals surface area contributed by atoms with Gasteiger partial charge >= 0.3 is 6.18 Å². The third-order valence-corrected chi connectivity index (χ3v) is 2.95. The summed E-state index contributed by atoms with van der Waals surface area (Å²) in [4.78, 5) is 15.3. The van der Waals surface area contributed by atoms with Gasteiger partial charge in [0.15, 0.2) is 0 Å². The number of β-amino-alcohol motifs (C(OH)–C–C–N with tert-alkyl or cyclic N) is 1. The molecule has 0 aromatic rings. The van der Waals surface area contributed by atoms with Crippen LogP contribution in [0.3, 0.4) is 0 Å². The number of nitrogens with one attached hydrogen (secondary N) is 1. The Kier molecular flexibility index (Phi) is 6.53. The number of carbonyl (C=O) groups is 1. The minimum Gasteiger partial charge on any atom is -0.395 e. The van der Waals surface area contributed by atoms with Crippen LogP contribution in [0.1, 0.15) is 6.42 Å². The largest absolute Gasteiger partial charge is 0.405 e. The second-order valence-corrected chi connectivity index (χ2v) is 4.59. The van der Waals surface area contributed by atoms with Gasteiger partial charge in [-0.25, -0.2) is 0 Å². The molecule has 0 aliphatic carbocycles. The van der Waals surface area contributed by atoms with Crippen LogP contribution in [0.4, 0.5) is 13.2 Å². The maximum Gasteiger partial charge on any atom is 0.405 e. The monoisotopic (exact) mass is 283 g/mol. The molecule has 1 saturated heterocycles. The molecule has 0 unspecified atom stereocenters. The van der Waals surface area contributed by atoms with E-state index in [4.69, 9.17) is 5.11 Å². The minimum absolute atomic E-state index is 0.0109. The molecule has 112 valence electrons. The van der Waals surface area contributed by atoms with Crippen molar-refractivity contribution < 1.29 is 23.1 Å². The highest BCUT2D eigenvalue weighted by molar-refractivity contribution is 5.78. The van der Waals surface area contributed by atoms with E-state index in [1.54, 1.807) is 0 Å². The van der Waals surface area contributed by atoms with E-state index in [2.05, 4.69) is 4.90 Å². The van der Waals surface area contributed by atoms with Crippen molar-refractivity contribution >= 4 is 5.91 Å². The van der Waals surface area contributed by atoms with Gasteiger partial charge in [0.1, 0.15) is 6.54 Å². The standard InChI is InChI=1S/C11H20F3N3O2/c12-11(13,14)9-15-10(19)8-17-3-1-2-16(4-5-17)6-7-18/h18H,1-9H2,(H,15,19). The molecule has 0 spiro atoms. The predicted molar refractivity (Wildman–Crippen MR) is 63.6 cm³/mol. The molecule has 1 fully saturated rings. The molecule has 5 nitrogen and oxygen atoms in total. The summed E-state index contributed by atoms with van der Waals surface area (Å²) in [5, 5.41) is 10.7. The summed E-state index contributed by atoms with van der Waals surface area (Å²) >= 11 is 0. The van der Waals surface area contributed by atoms with E-state index in [0.717, 1.165) is 13.0 Å². The normalized spacial score (nSPS) is 19.2. The first-order valence-corrected chi connectivity index (χ1v) is 6.30. The lowest BCUT2D eigenvalue weighted by Crippen LogP contribution is -2.42. The Morgan fingerprint density at radius 1 is 1.16 bits per heavy atom. The smallest absolute Gasteiger partial charge is 0.395 e. The van der Waals surface area contributed by atoms with Crippen molar-refractivity contribution in [3.63, 3.8) is 0 Å². The fourth-order valence-corrected chi connectivity index (χ4v) is 2.01. The van der Waals surface area contributed by atoms with Crippen molar-refractivity contribution in [3.05, 3.63) is 0 Å². The molecule has 19 heavy (non-hydrogen) atoms. The summed E-state index contributed by atoms with van der Waals surface area (Å²) in [6.45, 7) is 2.24. The molecular formula is C11H20F3N3O2. The number of aliphatic hydroxyl groups is 1. The van der Waals surface area contributed by atoms with Crippen LogP contribution in [0.25, 0.3) is 0 Å². The Hall–Kier alpha value is -0.860. The first-order chi connectivity index (χ1) is 8.90. The summed E-state index contributed by atoms with van der Waals surface area (Å²) in [5.74, 6) is -0.604. The highest BCUT2D eigenvalue weighted by atomic mass is 19.4. The fourth-order valence-electron chi connectivity index (χ4n) is 2.01. The summed E-state index contributed by atoms with van der Waals surface area (Å²) in [7, 11) is 0. The molecule has 0 bridgehead atoms. The Morgan fingerprint density at radius 3 is 2.42 bits per heavy atom. The van der Waals surface area contributed by atoms with Crippen molar-refractivity contribution in [2.75, 3.05) is 52.4 Å². The van der Waals surface area contributed by atoms with Gasteiger partial charge in [0.05, 0.1) is 13.2 Å². The third-order valence-electron chi connectivity index (χ3n) is 2.95. The summed E-state index contributed by atoms with van der Waals surface area (Å²) < 4.78 is 35.8. The van der Waals surface area contributed by atoms with Crippen molar-refractivity contribution in [2.45, 2.75) is 12.6 Å². The minimum atomic E-state index is -4.37. The molecule has 0 aromatic heterocycles. The molecule has 0 atom stereocenters. The van der Waals surface area contributed by atoms with Crippen LogP contribution in [0, 0.1) is 0 Å². The van der Waals surface area contributed by atoms with Gasteiger partial charge in [0.25, 0.3) is 0 Å². The van der Waals surface area contributed by atoms with E-state index in [1.807, 2.05) is 10.2 Å². The van der Waals surface area contributed by atoms with Gasteiger partial charge < -0.3 is 10.4 Å². The number of amides is 1. The van der Waals surface area contributed by atoms with Crippen LogP contribution >= 0.6 is 0 Å². The van der Waals surface area contributed by atoms with E-state index in [0.29, 0.717) is 26.2 Å². The first kappa shape index (κ1) is 16.2. The number of hydrogen-bond donors (Lipinski definition) is 2. The zero-order chi connectivity index (χ0) is 14.3. The highest BCUT2D eigenvalue weighted by Gasteiger charge is 2.28. The van der Waals surface area contributed by atoms with Crippen molar-refractivity contribution in [3.8, 4) is 0 Å². The fraction of sp³-hybridized carbons (Fsp3) is 0.909. The van der Waals surface area contributed by atoms with Gasteiger partial charge in [0.2, 0.25) is 5.91 Å². The van der Waals surface area contributed by atoms with Gasteiger partial charge in [-0.05, 0) is 19.5 Å². The lowest BCUT2D eigenvalue weighted by molar-refractivity contribution is -0.139. The van der Waals surface area contributed by atoms with Crippen LogP contribution in [0.15, 0.2) is 0 Å². The number of nitrogens with zero attached hydrogens (tertiary/aromatic N) is 2. The van der Waals surface area contributed by atoms with Gasteiger partial charge in [-0.3, -0.25) is 14.6 Å². The van der Waals surface area contributed by atoms with Gasteiger partial charge in [-0.2, -0.15) is 13.2 Å². The Balaban J connectivity index is 2.27. The van der Waals surface area contributed by atoms with Crippen LogP contribution in [0.2, 0.25) is 0 Å². The number of carbonyl (C=O) groups excluding carboxylic acids is 1. The number of halogens is 3. The molecule has 0 radical (unpaired) electrons. The summed E-state index contributed by atoms with van der Waals surface area (Å²) in [6.07, 6.45) is -3.53. The number of rotatable bonds is 5. The van der Waals surface area contributed by atoms with Crippen LogP contribution in [-0.4, -0.2) is 79.4 Å². The number of aliphatic hydroxyl groups excluding tert-OH is 1. The zero-order valence-electron chi connectivity index (χ0n) is 10.7. The molecule has 1 rings (SSSR count). The molecule has 1 amide bonds. The van der Waals surface area contributed by atoms with Crippen LogP contribution in [0.5, 0.6) is 0 Å². The average Bonchev–Trinajstić information content (AvgIpc) is 2.52. The average molecular weight is 283 g/mol. The maximum atomic E-state index is 11.9. The van der Waals surface area contributed by atoms with Crippen molar-refractivity contribution in [1.82, 2.24) is 15.1 Å². The van der Waals surface area contributed by atoms with E-state index >= 15 is 0 Å². The summed E-state index contributed by atoms with van der Waals surface area (Å²) in [6, 6.07) is 0.